The fourth-order valence-electron chi connectivity index (χ4n) is 1.86. The Bertz CT molecular complexity index is 551. The molecule has 0 saturated heterocycles. The molecule has 0 unspecified atom stereocenters. The maximum absolute atomic E-state index is 11.5. The molecule has 0 aliphatic carbocycles. The van der Waals surface area contributed by atoms with Crippen molar-refractivity contribution in [3.05, 3.63) is 34.7 Å². The van der Waals surface area contributed by atoms with Crippen molar-refractivity contribution >= 4 is 15.9 Å². The Morgan fingerprint density at radius 1 is 1.31 bits per heavy atom. The molecule has 0 saturated carbocycles. The van der Waals surface area contributed by atoms with Crippen LogP contribution < -0.4 is 5.73 Å². The third kappa shape index (κ3) is 2.18. The predicted molar refractivity (Wildman–Crippen MR) is 64.6 cm³/mol. The lowest BCUT2D eigenvalue weighted by molar-refractivity contribution is 0.516. The number of hydrogen-bond donors (Lipinski definition) is 1. The Morgan fingerprint density at radius 2 is 2.00 bits per heavy atom. The van der Waals surface area contributed by atoms with E-state index >= 15 is 0 Å². The highest BCUT2D eigenvalue weighted by Crippen LogP contribution is 2.28. The molecule has 0 spiro atoms. The summed E-state index contributed by atoms with van der Waals surface area (Å²) in [4.78, 5) is 0.395. The number of rotatable bonds is 2. The molecule has 0 amide bonds. The van der Waals surface area contributed by atoms with Gasteiger partial charge in [0.25, 0.3) is 0 Å². The zero-order valence-corrected chi connectivity index (χ0v) is 10.2. The van der Waals surface area contributed by atoms with Crippen molar-refractivity contribution in [2.24, 2.45) is 5.73 Å². The molecule has 1 aliphatic rings. The summed E-state index contributed by atoms with van der Waals surface area (Å²) in [5.74, 6) is 0. The van der Waals surface area contributed by atoms with E-state index in [0.29, 0.717) is 4.90 Å². The topological polar surface area (TPSA) is 60.2 Å². The van der Waals surface area contributed by atoms with Crippen LogP contribution >= 0.6 is 0 Å². The molecule has 0 fully saturated rings. The minimum Gasteiger partial charge on any atom is -0.325 e. The molecule has 1 aromatic carbocycles. The second kappa shape index (κ2) is 3.43. The van der Waals surface area contributed by atoms with Gasteiger partial charge in [-0.25, -0.2) is 8.42 Å². The number of sulfone groups is 1. The number of nitrogens with two attached hydrogens (primary N) is 1. The third-order valence-electron chi connectivity index (χ3n) is 2.47. The van der Waals surface area contributed by atoms with E-state index in [2.05, 4.69) is 0 Å². The van der Waals surface area contributed by atoms with Crippen LogP contribution in [0.2, 0.25) is 0 Å². The molecule has 1 aliphatic heterocycles. The number of benzene rings is 1. The van der Waals surface area contributed by atoms with E-state index < -0.39 is 9.84 Å². The van der Waals surface area contributed by atoms with Crippen LogP contribution in [0.3, 0.4) is 0 Å². The van der Waals surface area contributed by atoms with Gasteiger partial charge in [0, 0.05) is 10.9 Å². The van der Waals surface area contributed by atoms with Crippen molar-refractivity contribution in [2.75, 3.05) is 0 Å². The maximum Gasteiger partial charge on any atom is 0.200 e. The van der Waals surface area contributed by atoms with Gasteiger partial charge in [0.15, 0.2) is 9.84 Å². The standard InChI is InChI=1S/C12H15NO2S/c1-12(2,13)8-9-3-4-11-10(7-9)5-6-16(11,14)15/h3-7H,8,13H2,1-2H3. The summed E-state index contributed by atoms with van der Waals surface area (Å²) in [5.41, 5.74) is 7.48. The van der Waals surface area contributed by atoms with E-state index in [1.54, 1.807) is 12.1 Å². The summed E-state index contributed by atoms with van der Waals surface area (Å²) >= 11 is 0. The van der Waals surface area contributed by atoms with Crippen LogP contribution in [-0.2, 0) is 16.3 Å². The first-order valence-corrected chi connectivity index (χ1v) is 6.68. The summed E-state index contributed by atoms with van der Waals surface area (Å²) in [6, 6.07) is 5.38. The van der Waals surface area contributed by atoms with E-state index in [1.165, 1.54) is 5.41 Å². The molecule has 3 nitrogen and oxygen atoms in total. The second-order valence-corrected chi connectivity index (χ2v) is 6.69. The van der Waals surface area contributed by atoms with Crippen molar-refractivity contribution in [3.8, 4) is 0 Å². The average Bonchev–Trinajstić information content (AvgIpc) is 2.39. The largest absolute Gasteiger partial charge is 0.325 e. The Hall–Kier alpha value is -1.13. The highest BCUT2D eigenvalue weighted by atomic mass is 32.2. The number of hydrogen-bond acceptors (Lipinski definition) is 3. The molecule has 4 heteroatoms. The molecule has 0 atom stereocenters. The quantitative estimate of drug-likeness (QED) is 0.852. The van der Waals surface area contributed by atoms with Gasteiger partial charge in [0.2, 0.25) is 0 Å². The van der Waals surface area contributed by atoms with Gasteiger partial charge in [-0.15, -0.1) is 0 Å². The van der Waals surface area contributed by atoms with Gasteiger partial charge >= 0.3 is 0 Å². The third-order valence-corrected chi connectivity index (χ3v) is 3.95. The van der Waals surface area contributed by atoms with Gasteiger partial charge in [-0.1, -0.05) is 12.1 Å². The highest BCUT2D eigenvalue weighted by molar-refractivity contribution is 7.94. The zero-order chi connectivity index (χ0) is 12.0. The van der Waals surface area contributed by atoms with Crippen molar-refractivity contribution in [1.29, 1.82) is 0 Å². The first-order valence-electron chi connectivity index (χ1n) is 5.13. The zero-order valence-electron chi connectivity index (χ0n) is 9.40. The SMILES string of the molecule is CC(C)(N)Cc1ccc2c(c1)C=CS2(=O)=O. The van der Waals surface area contributed by atoms with Gasteiger partial charge in [-0.2, -0.15) is 0 Å². The molecular formula is C12H15NO2S. The maximum atomic E-state index is 11.5. The Morgan fingerprint density at radius 3 is 2.62 bits per heavy atom. The van der Waals surface area contributed by atoms with Crippen molar-refractivity contribution < 1.29 is 8.42 Å². The first kappa shape index (κ1) is 11.4. The van der Waals surface area contributed by atoms with Crippen LogP contribution in [0.5, 0.6) is 0 Å². The summed E-state index contributed by atoms with van der Waals surface area (Å²) in [7, 11) is -3.18. The highest BCUT2D eigenvalue weighted by Gasteiger charge is 2.21. The van der Waals surface area contributed by atoms with Crippen LogP contribution in [0.1, 0.15) is 25.0 Å². The molecule has 0 aromatic heterocycles. The molecule has 86 valence electrons. The molecule has 2 rings (SSSR count). The summed E-state index contributed by atoms with van der Waals surface area (Å²) in [5, 5.41) is 1.25. The Kier molecular flexibility index (Phi) is 2.44. The van der Waals surface area contributed by atoms with E-state index in [4.69, 9.17) is 5.73 Å². The van der Waals surface area contributed by atoms with E-state index in [9.17, 15) is 8.42 Å². The van der Waals surface area contributed by atoms with Crippen molar-refractivity contribution in [1.82, 2.24) is 0 Å². The van der Waals surface area contributed by atoms with Gasteiger partial charge in [-0.3, -0.25) is 0 Å². The molecule has 1 aromatic rings. The average molecular weight is 237 g/mol. The fourth-order valence-corrected chi connectivity index (χ4v) is 3.05. The van der Waals surface area contributed by atoms with E-state index in [-0.39, 0.29) is 5.54 Å². The van der Waals surface area contributed by atoms with E-state index in [1.807, 2.05) is 26.0 Å². The molecule has 0 radical (unpaired) electrons. The lowest BCUT2D eigenvalue weighted by Gasteiger charge is -2.18. The predicted octanol–water partition coefficient (Wildman–Crippen LogP) is 1.72. The first-order chi connectivity index (χ1) is 7.28. The minimum atomic E-state index is -3.18. The lowest BCUT2D eigenvalue weighted by Crippen LogP contribution is -2.34. The summed E-state index contributed by atoms with van der Waals surface area (Å²) in [6.07, 6.45) is 2.37. The lowest BCUT2D eigenvalue weighted by atomic mass is 9.95. The fraction of sp³-hybridized carbons (Fsp3) is 0.333. The van der Waals surface area contributed by atoms with Crippen LogP contribution in [0.4, 0.5) is 0 Å². The molecule has 0 bridgehead atoms. The van der Waals surface area contributed by atoms with Crippen LogP contribution in [-0.4, -0.2) is 14.0 Å². The van der Waals surface area contributed by atoms with Crippen molar-refractivity contribution in [2.45, 2.75) is 30.7 Å². The molecular weight excluding hydrogens is 222 g/mol. The second-order valence-electron chi connectivity index (χ2n) is 4.89. The van der Waals surface area contributed by atoms with Gasteiger partial charge in [-0.05, 0) is 43.5 Å². The Labute approximate surface area is 95.9 Å². The minimum absolute atomic E-state index is 0.282. The Balaban J connectivity index is 2.40. The van der Waals surface area contributed by atoms with Gasteiger partial charge in [0.05, 0.1) is 4.90 Å². The van der Waals surface area contributed by atoms with Crippen LogP contribution in [0, 0.1) is 0 Å². The van der Waals surface area contributed by atoms with E-state index in [0.717, 1.165) is 17.5 Å². The summed E-state index contributed by atoms with van der Waals surface area (Å²) in [6.45, 7) is 3.90. The van der Waals surface area contributed by atoms with Crippen LogP contribution in [0.25, 0.3) is 6.08 Å². The van der Waals surface area contributed by atoms with Crippen LogP contribution in [0.15, 0.2) is 28.5 Å². The monoisotopic (exact) mass is 237 g/mol. The van der Waals surface area contributed by atoms with Crippen molar-refractivity contribution in [3.63, 3.8) is 0 Å². The van der Waals surface area contributed by atoms with Gasteiger partial charge in [0.1, 0.15) is 0 Å². The molecule has 16 heavy (non-hydrogen) atoms. The summed E-state index contributed by atoms with van der Waals surface area (Å²) < 4.78 is 23.1. The normalized spacial score (nSPS) is 17.4. The number of fused-ring (bicyclic) bond motifs is 1. The molecule has 1 heterocycles. The van der Waals surface area contributed by atoms with Gasteiger partial charge < -0.3 is 5.73 Å². The molecule has 2 N–H and O–H groups in total. The smallest absolute Gasteiger partial charge is 0.200 e.